The van der Waals surface area contributed by atoms with Crippen molar-refractivity contribution in [3.63, 3.8) is 0 Å². The molecule has 3 heterocycles. The van der Waals surface area contributed by atoms with Crippen LogP contribution in [0.15, 0.2) is 79.1 Å². The third kappa shape index (κ3) is 2.21. The van der Waals surface area contributed by atoms with Crippen LogP contribution in [0.5, 0.6) is 0 Å². The van der Waals surface area contributed by atoms with Crippen molar-refractivity contribution in [2.45, 2.75) is 12.3 Å². The molecule has 1 aliphatic heterocycles. The lowest BCUT2D eigenvalue weighted by Gasteiger charge is -2.18. The Labute approximate surface area is 156 Å². The lowest BCUT2D eigenvalue weighted by atomic mass is 9.95. The van der Waals surface area contributed by atoms with E-state index in [1.54, 1.807) is 0 Å². The predicted molar refractivity (Wildman–Crippen MR) is 111 cm³/mol. The van der Waals surface area contributed by atoms with Gasteiger partial charge in [-0.15, -0.1) is 0 Å². The average molecular weight is 347 g/mol. The number of benzene rings is 3. The van der Waals surface area contributed by atoms with Crippen molar-refractivity contribution in [1.82, 2.24) is 14.5 Å². The van der Waals surface area contributed by atoms with Gasteiger partial charge in [0.1, 0.15) is 5.82 Å². The minimum Gasteiger partial charge on any atom is -0.303 e. The van der Waals surface area contributed by atoms with Crippen molar-refractivity contribution in [1.29, 1.82) is 0 Å². The molecule has 3 nitrogen and oxygen atoms in total. The van der Waals surface area contributed by atoms with E-state index in [1.165, 1.54) is 32.6 Å². The van der Waals surface area contributed by atoms with Crippen molar-refractivity contribution in [2.24, 2.45) is 0 Å². The largest absolute Gasteiger partial charge is 0.303 e. The zero-order valence-corrected chi connectivity index (χ0v) is 14.7. The molecule has 0 radical (unpaired) electrons. The average Bonchev–Trinajstić information content (AvgIpc) is 3.09. The zero-order chi connectivity index (χ0) is 17.8. The summed E-state index contributed by atoms with van der Waals surface area (Å²) in [6, 6.07) is 21.7. The van der Waals surface area contributed by atoms with E-state index in [4.69, 9.17) is 4.98 Å². The van der Waals surface area contributed by atoms with E-state index in [1.807, 2.05) is 12.4 Å². The summed E-state index contributed by atoms with van der Waals surface area (Å²) in [5.74, 6) is 1.47. The number of imidazole rings is 1. The van der Waals surface area contributed by atoms with Crippen molar-refractivity contribution >= 4 is 38.8 Å². The van der Waals surface area contributed by atoms with Crippen LogP contribution in [0.4, 0.5) is 0 Å². The van der Waals surface area contributed by atoms with Gasteiger partial charge in [-0.3, -0.25) is 4.98 Å². The molecule has 6 rings (SSSR count). The van der Waals surface area contributed by atoms with Gasteiger partial charge < -0.3 is 4.57 Å². The van der Waals surface area contributed by atoms with Crippen LogP contribution >= 0.6 is 0 Å². The number of rotatable bonds is 1. The summed E-state index contributed by atoms with van der Waals surface area (Å²) in [6.45, 7) is 0. The maximum absolute atomic E-state index is 4.96. The van der Waals surface area contributed by atoms with Crippen LogP contribution in [0.1, 0.15) is 17.3 Å². The Morgan fingerprint density at radius 1 is 0.852 bits per heavy atom. The van der Waals surface area contributed by atoms with Gasteiger partial charge in [-0.05, 0) is 51.4 Å². The first-order valence-electron chi connectivity index (χ1n) is 9.27. The minimum atomic E-state index is 0.354. The van der Waals surface area contributed by atoms with Crippen LogP contribution in [-0.2, 0) is 6.42 Å². The first kappa shape index (κ1) is 14.7. The van der Waals surface area contributed by atoms with Gasteiger partial charge in [0.2, 0.25) is 0 Å². The van der Waals surface area contributed by atoms with E-state index in [0.29, 0.717) is 5.92 Å². The molecule has 0 N–H and O–H groups in total. The summed E-state index contributed by atoms with van der Waals surface area (Å²) in [4.78, 5) is 9.09. The van der Waals surface area contributed by atoms with Gasteiger partial charge in [-0.2, -0.15) is 0 Å². The van der Waals surface area contributed by atoms with Gasteiger partial charge >= 0.3 is 0 Å². The maximum Gasteiger partial charge on any atom is 0.114 e. The first-order valence-corrected chi connectivity index (χ1v) is 9.27. The number of allylic oxidation sites excluding steroid dienone is 1. The summed E-state index contributed by atoms with van der Waals surface area (Å²) in [5.41, 5.74) is 3.53. The van der Waals surface area contributed by atoms with E-state index in [2.05, 4.69) is 82.5 Å². The van der Waals surface area contributed by atoms with Crippen LogP contribution in [0.3, 0.4) is 0 Å². The molecule has 0 saturated heterocycles. The lowest BCUT2D eigenvalue weighted by molar-refractivity contribution is 0.750. The first-order chi connectivity index (χ1) is 13.4. The molecule has 3 aromatic carbocycles. The SMILES string of the molecule is C1=Cn2c(nc3cc4ccc5ccccc5c4cc32)CC1c1ccncc1. The maximum atomic E-state index is 4.96. The van der Waals surface area contributed by atoms with Gasteiger partial charge in [0, 0.05) is 30.9 Å². The van der Waals surface area contributed by atoms with Crippen molar-refractivity contribution in [3.8, 4) is 0 Å². The Hall–Kier alpha value is -3.46. The highest BCUT2D eigenvalue weighted by molar-refractivity contribution is 6.11. The van der Waals surface area contributed by atoms with E-state index in [9.17, 15) is 0 Å². The second kappa shape index (κ2) is 5.52. The molecule has 128 valence electrons. The Bertz CT molecular complexity index is 1350. The number of pyridine rings is 1. The third-order valence-corrected chi connectivity index (χ3v) is 5.63. The fourth-order valence-corrected chi connectivity index (χ4v) is 4.25. The molecular weight excluding hydrogens is 330 g/mol. The van der Waals surface area contributed by atoms with Crippen molar-refractivity contribution in [3.05, 3.63) is 90.5 Å². The van der Waals surface area contributed by atoms with Crippen LogP contribution in [0, 0.1) is 0 Å². The summed E-state index contributed by atoms with van der Waals surface area (Å²) in [5, 5.41) is 5.09. The normalized spacial score (nSPS) is 16.2. The van der Waals surface area contributed by atoms with Gasteiger partial charge in [-0.25, -0.2) is 4.98 Å². The molecule has 0 spiro atoms. The molecule has 0 aliphatic carbocycles. The van der Waals surface area contributed by atoms with Gasteiger partial charge in [0.05, 0.1) is 11.0 Å². The van der Waals surface area contributed by atoms with Crippen LogP contribution in [0.25, 0.3) is 38.8 Å². The third-order valence-electron chi connectivity index (χ3n) is 5.63. The van der Waals surface area contributed by atoms with Crippen LogP contribution in [-0.4, -0.2) is 14.5 Å². The van der Waals surface area contributed by atoms with Crippen molar-refractivity contribution < 1.29 is 0 Å². The molecule has 1 atom stereocenters. The fraction of sp³-hybridized carbons (Fsp3) is 0.0833. The molecule has 1 aliphatic rings. The van der Waals surface area contributed by atoms with E-state index in [0.717, 1.165) is 17.8 Å². The van der Waals surface area contributed by atoms with Crippen LogP contribution < -0.4 is 0 Å². The summed E-state index contributed by atoms with van der Waals surface area (Å²) in [7, 11) is 0. The second-order valence-corrected chi connectivity index (χ2v) is 7.18. The molecule has 2 aromatic heterocycles. The fourth-order valence-electron chi connectivity index (χ4n) is 4.25. The van der Waals surface area contributed by atoms with Crippen molar-refractivity contribution in [2.75, 3.05) is 0 Å². The van der Waals surface area contributed by atoms with Gasteiger partial charge in [0.25, 0.3) is 0 Å². The molecule has 3 heteroatoms. The van der Waals surface area contributed by atoms with Crippen LogP contribution in [0.2, 0.25) is 0 Å². The number of hydrogen-bond acceptors (Lipinski definition) is 2. The summed E-state index contributed by atoms with van der Waals surface area (Å²) in [6.07, 6.45) is 9.08. The van der Waals surface area contributed by atoms with E-state index < -0.39 is 0 Å². The smallest absolute Gasteiger partial charge is 0.114 e. The van der Waals surface area contributed by atoms with E-state index in [-0.39, 0.29) is 0 Å². The summed E-state index contributed by atoms with van der Waals surface area (Å²) < 4.78 is 2.24. The highest BCUT2D eigenvalue weighted by Crippen LogP contribution is 2.33. The Morgan fingerprint density at radius 2 is 1.70 bits per heavy atom. The molecular formula is C24H17N3. The Kier molecular flexibility index (Phi) is 3.00. The molecule has 0 bridgehead atoms. The quantitative estimate of drug-likeness (QED) is 0.372. The molecule has 0 amide bonds. The number of fused-ring (bicyclic) bond motifs is 6. The number of hydrogen-bond donors (Lipinski definition) is 0. The highest BCUT2D eigenvalue weighted by Gasteiger charge is 2.20. The molecule has 1 unspecified atom stereocenters. The monoisotopic (exact) mass is 347 g/mol. The topological polar surface area (TPSA) is 30.7 Å². The highest BCUT2D eigenvalue weighted by atomic mass is 15.1. The zero-order valence-electron chi connectivity index (χ0n) is 14.7. The molecule has 0 fully saturated rings. The van der Waals surface area contributed by atoms with E-state index >= 15 is 0 Å². The van der Waals surface area contributed by atoms with Gasteiger partial charge in [0.15, 0.2) is 0 Å². The number of nitrogens with zero attached hydrogens (tertiary/aromatic N) is 3. The standard InChI is InChI=1S/C24H17N3/c1-2-4-20-17(3-1)5-6-19-13-22-23(15-21(19)20)27-12-9-18(14-24(27)26-22)16-7-10-25-11-8-16/h1-13,15,18H,14H2. The number of aromatic nitrogens is 3. The molecule has 5 aromatic rings. The molecule has 27 heavy (non-hydrogen) atoms. The Balaban J connectivity index is 1.55. The lowest BCUT2D eigenvalue weighted by Crippen LogP contribution is -2.10. The summed E-state index contributed by atoms with van der Waals surface area (Å²) >= 11 is 0. The van der Waals surface area contributed by atoms with Gasteiger partial charge in [-0.1, -0.05) is 42.5 Å². The molecule has 0 saturated carbocycles. The minimum absolute atomic E-state index is 0.354. The second-order valence-electron chi connectivity index (χ2n) is 7.18. The Morgan fingerprint density at radius 3 is 2.63 bits per heavy atom. The predicted octanol–water partition coefficient (Wildman–Crippen LogP) is 5.55.